The quantitative estimate of drug-likeness (QED) is 0.909. The highest BCUT2D eigenvalue weighted by Gasteiger charge is 2.07. The Morgan fingerprint density at radius 2 is 2.35 bits per heavy atom. The molecule has 5 heteroatoms. The topological polar surface area (TPSA) is 34.1 Å². The lowest BCUT2D eigenvalue weighted by Gasteiger charge is -2.11. The van der Waals surface area contributed by atoms with Gasteiger partial charge in [-0.1, -0.05) is 27.3 Å². The second kappa shape index (κ2) is 5.80. The fourth-order valence-corrected chi connectivity index (χ4v) is 2.85. The molecule has 0 aliphatic carbocycles. The molecular weight excluding hydrogens is 300 g/mol. The van der Waals surface area contributed by atoms with Crippen molar-refractivity contribution < 1.29 is 4.74 Å². The van der Waals surface area contributed by atoms with Gasteiger partial charge in [0.2, 0.25) is 0 Å². The summed E-state index contributed by atoms with van der Waals surface area (Å²) in [6.07, 6.45) is 0.982. The van der Waals surface area contributed by atoms with Crippen LogP contribution in [0.5, 0.6) is 0 Å². The number of nitrogens with one attached hydrogen (secondary N) is 1. The maximum atomic E-state index is 5.06. The third-order valence-corrected chi connectivity index (χ3v) is 3.94. The van der Waals surface area contributed by atoms with E-state index >= 15 is 0 Å². The summed E-state index contributed by atoms with van der Waals surface area (Å²) < 4.78 is 7.33. The Hall–Kier alpha value is -0.650. The van der Waals surface area contributed by atoms with E-state index < -0.39 is 0 Å². The summed E-state index contributed by atoms with van der Waals surface area (Å²) in [5.41, 5.74) is 1.03. The van der Waals surface area contributed by atoms with Gasteiger partial charge in [0, 0.05) is 24.2 Å². The summed E-state index contributed by atoms with van der Waals surface area (Å²) in [7, 11) is 1.72. The first kappa shape index (κ1) is 12.8. The van der Waals surface area contributed by atoms with E-state index in [9.17, 15) is 0 Å². The molecule has 1 unspecified atom stereocenters. The van der Waals surface area contributed by atoms with Gasteiger partial charge in [-0.25, -0.2) is 4.98 Å². The zero-order valence-electron chi connectivity index (χ0n) is 9.87. The van der Waals surface area contributed by atoms with Gasteiger partial charge in [-0.05, 0) is 31.5 Å². The predicted molar refractivity (Wildman–Crippen MR) is 76.9 cm³/mol. The molecule has 0 saturated heterocycles. The number of halogens is 1. The Morgan fingerprint density at radius 3 is 3.12 bits per heavy atom. The molecule has 0 amide bonds. The molecule has 2 aromatic rings. The van der Waals surface area contributed by atoms with E-state index in [4.69, 9.17) is 4.74 Å². The van der Waals surface area contributed by atoms with Crippen molar-refractivity contribution >= 4 is 42.6 Å². The minimum Gasteiger partial charge on any atom is -0.385 e. The van der Waals surface area contributed by atoms with Crippen LogP contribution in [-0.2, 0) is 4.74 Å². The number of ether oxygens (including phenoxy) is 1. The number of hydrogen-bond donors (Lipinski definition) is 1. The molecule has 92 valence electrons. The van der Waals surface area contributed by atoms with E-state index in [1.54, 1.807) is 18.4 Å². The molecule has 0 spiro atoms. The Bertz CT molecular complexity index is 500. The van der Waals surface area contributed by atoms with Gasteiger partial charge in [0.1, 0.15) is 0 Å². The number of aromatic nitrogens is 1. The predicted octanol–water partition coefficient (Wildman–Crippen LogP) is 3.90. The highest BCUT2D eigenvalue weighted by Crippen LogP contribution is 2.28. The van der Waals surface area contributed by atoms with Crippen LogP contribution in [0.25, 0.3) is 10.2 Å². The molecule has 0 aliphatic rings. The average molecular weight is 315 g/mol. The summed E-state index contributed by atoms with van der Waals surface area (Å²) in [6.45, 7) is 2.91. The molecule has 17 heavy (non-hydrogen) atoms. The lowest BCUT2D eigenvalue weighted by atomic mass is 10.2. The van der Waals surface area contributed by atoms with Crippen LogP contribution in [0.1, 0.15) is 13.3 Å². The molecular formula is C12H15BrN2OS. The van der Waals surface area contributed by atoms with Gasteiger partial charge >= 0.3 is 0 Å². The Morgan fingerprint density at radius 1 is 1.53 bits per heavy atom. The first-order chi connectivity index (χ1) is 8.19. The first-order valence-electron chi connectivity index (χ1n) is 5.50. The Kier molecular flexibility index (Phi) is 4.36. The fourth-order valence-electron chi connectivity index (χ4n) is 1.54. The van der Waals surface area contributed by atoms with E-state index in [0.29, 0.717) is 6.04 Å². The summed E-state index contributed by atoms with van der Waals surface area (Å²) in [6, 6.07) is 6.54. The molecule has 0 fully saturated rings. The Labute approximate surface area is 113 Å². The second-order valence-corrected chi connectivity index (χ2v) is 5.90. The highest BCUT2D eigenvalue weighted by atomic mass is 79.9. The van der Waals surface area contributed by atoms with E-state index in [2.05, 4.69) is 39.2 Å². The lowest BCUT2D eigenvalue weighted by Crippen LogP contribution is -2.16. The van der Waals surface area contributed by atoms with Crippen molar-refractivity contribution in [2.45, 2.75) is 19.4 Å². The summed E-state index contributed by atoms with van der Waals surface area (Å²) in [5.74, 6) is 0. The number of nitrogens with zero attached hydrogens (tertiary/aromatic N) is 1. The van der Waals surface area contributed by atoms with Gasteiger partial charge < -0.3 is 10.1 Å². The Balaban J connectivity index is 2.08. The van der Waals surface area contributed by atoms with E-state index in [1.807, 2.05) is 12.1 Å². The number of thiazole rings is 1. The minimum absolute atomic E-state index is 0.374. The SMILES string of the molecule is COCCC(C)Nc1nc2cc(Br)ccc2s1. The van der Waals surface area contributed by atoms with Crippen molar-refractivity contribution in [2.24, 2.45) is 0 Å². The van der Waals surface area contributed by atoms with Crippen molar-refractivity contribution in [2.75, 3.05) is 19.0 Å². The number of rotatable bonds is 5. The van der Waals surface area contributed by atoms with Crippen LogP contribution in [-0.4, -0.2) is 24.7 Å². The lowest BCUT2D eigenvalue weighted by molar-refractivity contribution is 0.191. The van der Waals surface area contributed by atoms with Crippen LogP contribution in [0.2, 0.25) is 0 Å². The fraction of sp³-hybridized carbons (Fsp3) is 0.417. The molecule has 0 saturated carbocycles. The van der Waals surface area contributed by atoms with Crippen LogP contribution in [0.4, 0.5) is 5.13 Å². The van der Waals surface area contributed by atoms with Crippen LogP contribution in [0.3, 0.4) is 0 Å². The third-order valence-electron chi connectivity index (χ3n) is 2.47. The summed E-state index contributed by atoms with van der Waals surface area (Å²) >= 11 is 5.14. The molecule has 0 aliphatic heterocycles. The molecule has 1 heterocycles. The van der Waals surface area contributed by atoms with Crippen molar-refractivity contribution in [3.63, 3.8) is 0 Å². The first-order valence-corrected chi connectivity index (χ1v) is 7.11. The van der Waals surface area contributed by atoms with Gasteiger partial charge in [-0.15, -0.1) is 0 Å². The number of anilines is 1. The molecule has 1 aromatic heterocycles. The number of methoxy groups -OCH3 is 1. The monoisotopic (exact) mass is 314 g/mol. The van der Waals surface area contributed by atoms with Crippen molar-refractivity contribution in [3.8, 4) is 0 Å². The van der Waals surface area contributed by atoms with Crippen molar-refractivity contribution in [1.29, 1.82) is 0 Å². The van der Waals surface area contributed by atoms with Crippen LogP contribution >= 0.6 is 27.3 Å². The van der Waals surface area contributed by atoms with Crippen molar-refractivity contribution in [1.82, 2.24) is 4.98 Å². The van der Waals surface area contributed by atoms with Gasteiger partial charge in [0.25, 0.3) is 0 Å². The molecule has 0 bridgehead atoms. The minimum atomic E-state index is 0.374. The largest absolute Gasteiger partial charge is 0.385 e. The summed E-state index contributed by atoms with van der Waals surface area (Å²) in [4.78, 5) is 4.56. The van der Waals surface area contributed by atoms with E-state index in [0.717, 1.165) is 28.1 Å². The maximum absolute atomic E-state index is 5.06. The smallest absolute Gasteiger partial charge is 0.184 e. The number of benzene rings is 1. The van der Waals surface area contributed by atoms with Crippen LogP contribution < -0.4 is 5.32 Å². The molecule has 2 rings (SSSR count). The third kappa shape index (κ3) is 3.40. The van der Waals surface area contributed by atoms with Crippen LogP contribution in [0.15, 0.2) is 22.7 Å². The molecule has 1 aromatic carbocycles. The summed E-state index contributed by atoms with van der Waals surface area (Å²) in [5, 5.41) is 4.37. The molecule has 0 radical (unpaired) electrons. The van der Waals surface area contributed by atoms with E-state index in [-0.39, 0.29) is 0 Å². The molecule has 1 N–H and O–H groups in total. The maximum Gasteiger partial charge on any atom is 0.184 e. The average Bonchev–Trinajstić information content (AvgIpc) is 2.67. The normalized spacial score (nSPS) is 12.9. The van der Waals surface area contributed by atoms with Gasteiger partial charge in [0.15, 0.2) is 5.13 Å². The number of fused-ring (bicyclic) bond motifs is 1. The molecule has 3 nitrogen and oxygen atoms in total. The zero-order valence-corrected chi connectivity index (χ0v) is 12.3. The molecule has 1 atom stereocenters. The van der Waals surface area contributed by atoms with E-state index in [1.165, 1.54) is 4.70 Å². The second-order valence-electron chi connectivity index (χ2n) is 3.96. The van der Waals surface area contributed by atoms with Crippen LogP contribution in [0, 0.1) is 0 Å². The van der Waals surface area contributed by atoms with Gasteiger partial charge in [-0.3, -0.25) is 0 Å². The van der Waals surface area contributed by atoms with Crippen molar-refractivity contribution in [3.05, 3.63) is 22.7 Å². The highest BCUT2D eigenvalue weighted by molar-refractivity contribution is 9.10. The number of hydrogen-bond acceptors (Lipinski definition) is 4. The van der Waals surface area contributed by atoms with Gasteiger partial charge in [0.05, 0.1) is 10.2 Å². The van der Waals surface area contributed by atoms with Gasteiger partial charge in [-0.2, -0.15) is 0 Å². The standard InChI is InChI=1S/C12H15BrN2OS/c1-8(5-6-16-2)14-12-15-10-7-9(13)3-4-11(10)17-12/h3-4,7-8H,5-6H2,1-2H3,(H,14,15). The zero-order chi connectivity index (χ0) is 12.3.